The molecule has 1 aromatic heterocycles. The molecule has 5 nitrogen and oxygen atoms in total. The maximum atomic E-state index is 11.1. The highest BCUT2D eigenvalue weighted by molar-refractivity contribution is 7.13. The number of carbonyl (C=O) groups excluding carboxylic acids is 1. The van der Waals surface area contributed by atoms with Crippen LogP contribution in [0.3, 0.4) is 0 Å². The van der Waals surface area contributed by atoms with Gasteiger partial charge in [-0.15, -0.1) is 11.3 Å². The van der Waals surface area contributed by atoms with Crippen LogP contribution in [0.25, 0.3) is 0 Å². The highest BCUT2D eigenvalue weighted by Gasteiger charge is 2.13. The summed E-state index contributed by atoms with van der Waals surface area (Å²) in [6, 6.07) is 9.55. The monoisotopic (exact) mass is 301 g/mol. The molecule has 1 heterocycles. The number of aryl methyl sites for hydroxylation is 1. The van der Waals surface area contributed by atoms with Crippen molar-refractivity contribution in [3.05, 3.63) is 40.9 Å². The fraction of sp³-hybridized carbons (Fsp3) is 0.267. The van der Waals surface area contributed by atoms with E-state index in [0.29, 0.717) is 18.4 Å². The van der Waals surface area contributed by atoms with Gasteiger partial charge < -0.3 is 9.64 Å². The highest BCUT2D eigenvalue weighted by atomic mass is 32.1. The number of nitriles is 1. The van der Waals surface area contributed by atoms with Crippen molar-refractivity contribution in [1.29, 1.82) is 5.26 Å². The fourth-order valence-electron chi connectivity index (χ4n) is 1.86. The average Bonchev–Trinajstić information content (AvgIpc) is 3.00. The SMILES string of the molecule is COC(=O)CCc1csc(N(C)c2ccccc2C#N)n1. The molecule has 0 unspecified atom stereocenters. The molecule has 2 aromatic rings. The zero-order valence-electron chi connectivity index (χ0n) is 11.9. The molecule has 0 N–H and O–H groups in total. The third-order valence-corrected chi connectivity index (χ3v) is 3.99. The van der Waals surface area contributed by atoms with Crippen LogP contribution < -0.4 is 4.90 Å². The van der Waals surface area contributed by atoms with Gasteiger partial charge in [0.25, 0.3) is 0 Å². The number of ether oxygens (including phenoxy) is 1. The highest BCUT2D eigenvalue weighted by Crippen LogP contribution is 2.29. The van der Waals surface area contributed by atoms with E-state index in [1.165, 1.54) is 18.4 Å². The second kappa shape index (κ2) is 6.86. The minimum atomic E-state index is -0.243. The molecule has 108 valence electrons. The third kappa shape index (κ3) is 3.58. The summed E-state index contributed by atoms with van der Waals surface area (Å²) >= 11 is 1.48. The minimum absolute atomic E-state index is 0.243. The molecular formula is C15H15N3O2S. The lowest BCUT2D eigenvalue weighted by atomic mass is 10.2. The van der Waals surface area contributed by atoms with Crippen molar-refractivity contribution >= 4 is 28.1 Å². The van der Waals surface area contributed by atoms with Gasteiger partial charge >= 0.3 is 5.97 Å². The summed E-state index contributed by atoms with van der Waals surface area (Å²) in [5, 5.41) is 11.9. The van der Waals surface area contributed by atoms with Gasteiger partial charge in [-0.3, -0.25) is 4.79 Å². The number of benzene rings is 1. The van der Waals surface area contributed by atoms with Gasteiger partial charge in [0.2, 0.25) is 0 Å². The van der Waals surface area contributed by atoms with Crippen molar-refractivity contribution in [2.75, 3.05) is 19.1 Å². The Hall–Kier alpha value is -2.39. The Labute approximate surface area is 127 Å². The van der Waals surface area contributed by atoms with Crippen LogP contribution in [0, 0.1) is 11.3 Å². The Bertz CT molecular complexity index is 676. The standard InChI is InChI=1S/C15H15N3O2S/c1-18(13-6-4-3-5-11(13)9-16)15-17-12(10-21-15)7-8-14(19)20-2/h3-6,10H,7-8H2,1-2H3. The quantitative estimate of drug-likeness (QED) is 0.794. The lowest BCUT2D eigenvalue weighted by Gasteiger charge is -2.16. The van der Waals surface area contributed by atoms with Gasteiger partial charge in [-0.2, -0.15) is 5.26 Å². The Morgan fingerprint density at radius 2 is 2.24 bits per heavy atom. The second-order valence-corrected chi connectivity index (χ2v) is 5.22. The minimum Gasteiger partial charge on any atom is -0.469 e. The van der Waals surface area contributed by atoms with Crippen molar-refractivity contribution in [2.24, 2.45) is 0 Å². The molecule has 6 heteroatoms. The summed E-state index contributed by atoms with van der Waals surface area (Å²) in [6.07, 6.45) is 0.870. The van der Waals surface area contributed by atoms with Crippen LogP contribution >= 0.6 is 11.3 Å². The Morgan fingerprint density at radius 1 is 1.48 bits per heavy atom. The van der Waals surface area contributed by atoms with Crippen LogP contribution in [0.2, 0.25) is 0 Å². The zero-order chi connectivity index (χ0) is 15.2. The van der Waals surface area contributed by atoms with E-state index in [1.807, 2.05) is 35.5 Å². The number of carbonyl (C=O) groups is 1. The van der Waals surface area contributed by atoms with E-state index in [1.54, 1.807) is 6.07 Å². The van der Waals surface area contributed by atoms with Gasteiger partial charge in [0.05, 0.1) is 30.5 Å². The van der Waals surface area contributed by atoms with Crippen LogP contribution in [0.15, 0.2) is 29.6 Å². The summed E-state index contributed by atoms with van der Waals surface area (Å²) < 4.78 is 4.62. The number of hydrogen-bond acceptors (Lipinski definition) is 6. The number of methoxy groups -OCH3 is 1. The van der Waals surface area contributed by atoms with Gasteiger partial charge in [-0.25, -0.2) is 4.98 Å². The summed E-state index contributed by atoms with van der Waals surface area (Å²) in [5.74, 6) is -0.243. The molecule has 0 aliphatic heterocycles. The Morgan fingerprint density at radius 3 is 2.95 bits per heavy atom. The number of hydrogen-bond donors (Lipinski definition) is 0. The van der Waals surface area contributed by atoms with E-state index >= 15 is 0 Å². The molecule has 0 bridgehead atoms. The van der Waals surface area contributed by atoms with Crippen molar-refractivity contribution in [3.63, 3.8) is 0 Å². The zero-order valence-corrected chi connectivity index (χ0v) is 12.7. The molecular weight excluding hydrogens is 286 g/mol. The van der Waals surface area contributed by atoms with Gasteiger partial charge in [-0.05, 0) is 12.1 Å². The smallest absolute Gasteiger partial charge is 0.305 e. The van der Waals surface area contributed by atoms with E-state index in [-0.39, 0.29) is 5.97 Å². The molecule has 1 aromatic carbocycles. The first kappa shape index (κ1) is 15.0. The maximum absolute atomic E-state index is 11.1. The van der Waals surface area contributed by atoms with Gasteiger partial charge in [-0.1, -0.05) is 12.1 Å². The molecule has 0 saturated heterocycles. The number of esters is 1. The topological polar surface area (TPSA) is 66.2 Å². The first-order chi connectivity index (χ1) is 10.2. The summed E-state index contributed by atoms with van der Waals surface area (Å²) in [5.41, 5.74) is 2.27. The molecule has 0 amide bonds. The number of para-hydroxylation sites is 1. The Balaban J connectivity index is 2.14. The number of aromatic nitrogens is 1. The van der Waals surface area contributed by atoms with Crippen LogP contribution in [-0.4, -0.2) is 25.1 Å². The number of thiazole rings is 1. The van der Waals surface area contributed by atoms with E-state index in [4.69, 9.17) is 5.26 Å². The first-order valence-electron chi connectivity index (χ1n) is 6.39. The molecule has 0 aliphatic carbocycles. The molecule has 0 atom stereocenters. The molecule has 0 spiro atoms. The van der Waals surface area contributed by atoms with E-state index in [0.717, 1.165) is 16.5 Å². The fourth-order valence-corrected chi connectivity index (χ4v) is 2.70. The van der Waals surface area contributed by atoms with Gasteiger partial charge in [0, 0.05) is 18.8 Å². The largest absolute Gasteiger partial charge is 0.469 e. The van der Waals surface area contributed by atoms with Gasteiger partial charge in [0.1, 0.15) is 6.07 Å². The van der Waals surface area contributed by atoms with Crippen LogP contribution in [-0.2, 0) is 16.0 Å². The normalized spacial score (nSPS) is 9.95. The molecule has 21 heavy (non-hydrogen) atoms. The van der Waals surface area contributed by atoms with Crippen LogP contribution in [0.4, 0.5) is 10.8 Å². The first-order valence-corrected chi connectivity index (χ1v) is 7.27. The summed E-state index contributed by atoms with van der Waals surface area (Å²) in [6.45, 7) is 0. The van der Waals surface area contributed by atoms with E-state index in [2.05, 4.69) is 15.8 Å². The lowest BCUT2D eigenvalue weighted by Crippen LogP contribution is -2.11. The maximum Gasteiger partial charge on any atom is 0.305 e. The van der Waals surface area contributed by atoms with Crippen LogP contribution in [0.1, 0.15) is 17.7 Å². The van der Waals surface area contributed by atoms with Crippen molar-refractivity contribution in [3.8, 4) is 6.07 Å². The third-order valence-electron chi connectivity index (χ3n) is 3.03. The van der Waals surface area contributed by atoms with Crippen molar-refractivity contribution in [2.45, 2.75) is 12.8 Å². The predicted molar refractivity (Wildman–Crippen MR) is 81.7 cm³/mol. The second-order valence-electron chi connectivity index (χ2n) is 4.39. The number of nitrogens with zero attached hydrogens (tertiary/aromatic N) is 3. The Kier molecular flexibility index (Phi) is 4.90. The molecule has 0 aliphatic rings. The molecule has 0 saturated carbocycles. The van der Waals surface area contributed by atoms with Gasteiger partial charge in [0.15, 0.2) is 5.13 Å². The van der Waals surface area contributed by atoms with Crippen LogP contribution in [0.5, 0.6) is 0 Å². The number of anilines is 2. The average molecular weight is 301 g/mol. The lowest BCUT2D eigenvalue weighted by molar-refractivity contribution is -0.140. The predicted octanol–water partition coefficient (Wildman–Crippen LogP) is 2.89. The van der Waals surface area contributed by atoms with Crippen molar-refractivity contribution in [1.82, 2.24) is 4.98 Å². The summed E-state index contributed by atoms with van der Waals surface area (Å²) in [7, 11) is 3.25. The van der Waals surface area contributed by atoms with E-state index in [9.17, 15) is 4.79 Å². The number of rotatable bonds is 5. The molecule has 2 rings (SSSR count). The summed E-state index contributed by atoms with van der Waals surface area (Å²) in [4.78, 5) is 17.5. The van der Waals surface area contributed by atoms with E-state index < -0.39 is 0 Å². The van der Waals surface area contributed by atoms with Crippen molar-refractivity contribution < 1.29 is 9.53 Å². The molecule has 0 fully saturated rings. The molecule has 0 radical (unpaired) electrons.